The molecule has 0 amide bonds. The van der Waals surface area contributed by atoms with Crippen LogP contribution < -0.4 is 5.73 Å². The molecule has 6 nitrogen and oxygen atoms in total. The Kier molecular flexibility index (Phi) is 4.10. The van der Waals surface area contributed by atoms with Gasteiger partial charge in [0.1, 0.15) is 17.5 Å². The van der Waals surface area contributed by atoms with Gasteiger partial charge in [-0.25, -0.2) is 14.1 Å². The first-order valence-corrected chi connectivity index (χ1v) is 9.51. The number of halogens is 1. The molecular formula is C23H18FN5O. The van der Waals surface area contributed by atoms with Crippen molar-refractivity contribution in [3.8, 4) is 5.69 Å². The van der Waals surface area contributed by atoms with E-state index in [4.69, 9.17) is 5.73 Å². The van der Waals surface area contributed by atoms with Crippen LogP contribution in [0.4, 0.5) is 10.2 Å². The first kappa shape index (κ1) is 18.1. The summed E-state index contributed by atoms with van der Waals surface area (Å²) in [5, 5.41) is 4.32. The predicted molar refractivity (Wildman–Crippen MR) is 114 cm³/mol. The lowest BCUT2D eigenvalue weighted by molar-refractivity contribution is 0.103. The van der Waals surface area contributed by atoms with Crippen molar-refractivity contribution in [3.05, 3.63) is 89.2 Å². The molecule has 2 aromatic carbocycles. The summed E-state index contributed by atoms with van der Waals surface area (Å²) in [4.78, 5) is 20.6. The zero-order valence-corrected chi connectivity index (χ0v) is 16.2. The van der Waals surface area contributed by atoms with Gasteiger partial charge >= 0.3 is 0 Å². The molecule has 2 heterocycles. The van der Waals surface area contributed by atoms with Crippen molar-refractivity contribution in [3.63, 3.8) is 0 Å². The average molecular weight is 399 g/mol. The molecule has 7 heteroatoms. The van der Waals surface area contributed by atoms with E-state index in [2.05, 4.69) is 15.1 Å². The number of allylic oxidation sites excluding steroid dienone is 4. The number of Topliss-reactive ketones (excluding diaryl/α,β-unsaturated/α-hetero) is 1. The number of aromatic nitrogens is 4. The summed E-state index contributed by atoms with van der Waals surface area (Å²) in [6.07, 6.45) is 5.65. The second kappa shape index (κ2) is 6.81. The number of imidazole rings is 1. The number of nitrogens with two attached hydrogens (primary N) is 1. The molecule has 0 bridgehead atoms. The fourth-order valence-corrected chi connectivity index (χ4v) is 3.72. The maximum atomic E-state index is 13.5. The lowest BCUT2D eigenvalue weighted by Gasteiger charge is -2.05. The molecule has 0 fully saturated rings. The SMILES string of the molecule is Cc1nc2ccc(-n3ncc(C(=O)C4=CC(c5cccc(F)c5)=CC4)c3N)cc2[nH]1. The van der Waals surface area contributed by atoms with Crippen molar-refractivity contribution in [2.75, 3.05) is 5.73 Å². The van der Waals surface area contributed by atoms with Crippen LogP contribution in [0.3, 0.4) is 0 Å². The van der Waals surface area contributed by atoms with Gasteiger partial charge in [0.05, 0.1) is 28.5 Å². The van der Waals surface area contributed by atoms with E-state index in [0.29, 0.717) is 17.6 Å². The highest BCUT2D eigenvalue weighted by molar-refractivity contribution is 6.13. The monoisotopic (exact) mass is 399 g/mol. The van der Waals surface area contributed by atoms with E-state index in [9.17, 15) is 9.18 Å². The minimum atomic E-state index is -0.309. The second-order valence-corrected chi connectivity index (χ2v) is 7.25. The molecule has 0 saturated heterocycles. The van der Waals surface area contributed by atoms with Crippen LogP contribution in [-0.2, 0) is 0 Å². The molecule has 1 aliphatic carbocycles. The minimum absolute atomic E-state index is 0.181. The Hall–Kier alpha value is -4.00. The highest BCUT2D eigenvalue weighted by Crippen LogP contribution is 2.30. The molecule has 30 heavy (non-hydrogen) atoms. The number of carbonyl (C=O) groups excluding carboxylic acids is 1. The summed E-state index contributed by atoms with van der Waals surface area (Å²) < 4.78 is 15.0. The Morgan fingerprint density at radius 1 is 1.23 bits per heavy atom. The normalized spacial score (nSPS) is 13.5. The van der Waals surface area contributed by atoms with Crippen LogP contribution >= 0.6 is 0 Å². The van der Waals surface area contributed by atoms with Crippen LogP contribution in [0.15, 0.2) is 66.4 Å². The topological polar surface area (TPSA) is 89.6 Å². The highest BCUT2D eigenvalue weighted by atomic mass is 19.1. The van der Waals surface area contributed by atoms with Crippen LogP contribution in [-0.4, -0.2) is 25.5 Å². The van der Waals surface area contributed by atoms with Gasteiger partial charge in [-0.3, -0.25) is 4.79 Å². The van der Waals surface area contributed by atoms with E-state index >= 15 is 0 Å². The number of nitrogens with one attached hydrogen (secondary N) is 1. The molecule has 2 aromatic heterocycles. The van der Waals surface area contributed by atoms with Crippen LogP contribution in [0.1, 0.15) is 28.2 Å². The van der Waals surface area contributed by atoms with Crippen molar-refractivity contribution in [1.29, 1.82) is 0 Å². The van der Waals surface area contributed by atoms with Crippen molar-refractivity contribution in [1.82, 2.24) is 19.7 Å². The molecule has 0 atom stereocenters. The van der Waals surface area contributed by atoms with Gasteiger partial charge in [-0.2, -0.15) is 5.10 Å². The maximum Gasteiger partial charge on any atom is 0.194 e. The molecule has 3 N–H and O–H groups in total. The molecule has 0 unspecified atom stereocenters. The van der Waals surface area contributed by atoms with Gasteiger partial charge in [0.2, 0.25) is 0 Å². The standard InChI is InChI=1S/C23H18FN5O/c1-13-27-20-8-7-18(11-21(20)28-13)29-23(25)19(12-26-29)22(30)16-6-5-15(9-16)14-3-2-4-17(24)10-14/h2-5,7-12H,6,25H2,1H3,(H,27,28). The minimum Gasteiger partial charge on any atom is -0.383 e. The Balaban J connectivity index is 1.45. The van der Waals surface area contributed by atoms with E-state index in [1.54, 1.807) is 16.8 Å². The van der Waals surface area contributed by atoms with Gasteiger partial charge in [-0.1, -0.05) is 18.2 Å². The fourth-order valence-electron chi connectivity index (χ4n) is 3.72. The Labute approximate surface area is 171 Å². The average Bonchev–Trinajstić information content (AvgIpc) is 3.44. The van der Waals surface area contributed by atoms with E-state index < -0.39 is 0 Å². The summed E-state index contributed by atoms with van der Waals surface area (Å²) >= 11 is 0. The van der Waals surface area contributed by atoms with Crippen molar-refractivity contribution in [2.24, 2.45) is 0 Å². The van der Waals surface area contributed by atoms with Crippen LogP contribution in [0, 0.1) is 12.7 Å². The first-order chi connectivity index (χ1) is 14.5. The van der Waals surface area contributed by atoms with Crippen LogP contribution in [0.2, 0.25) is 0 Å². The number of ketones is 1. The van der Waals surface area contributed by atoms with Gasteiger partial charge in [0.15, 0.2) is 5.78 Å². The fraction of sp³-hybridized carbons (Fsp3) is 0.0870. The Bertz CT molecular complexity index is 1380. The molecule has 1 aliphatic rings. The number of carbonyl (C=O) groups is 1. The van der Waals surface area contributed by atoms with Crippen molar-refractivity contribution in [2.45, 2.75) is 13.3 Å². The van der Waals surface area contributed by atoms with Crippen LogP contribution in [0.25, 0.3) is 22.3 Å². The lowest BCUT2D eigenvalue weighted by atomic mass is 10.0. The molecule has 4 aromatic rings. The van der Waals surface area contributed by atoms with Crippen molar-refractivity contribution < 1.29 is 9.18 Å². The number of nitrogens with zero attached hydrogens (tertiary/aromatic N) is 3. The third-order valence-corrected chi connectivity index (χ3v) is 5.20. The molecule has 0 saturated carbocycles. The number of nitrogen functional groups attached to an aromatic ring is 1. The number of anilines is 1. The molecule has 0 aliphatic heterocycles. The van der Waals surface area contributed by atoms with Crippen LogP contribution in [0.5, 0.6) is 0 Å². The summed E-state index contributed by atoms with van der Waals surface area (Å²) in [5.41, 5.74) is 11.2. The van der Waals surface area contributed by atoms with E-state index in [1.165, 1.54) is 18.3 Å². The summed E-state index contributed by atoms with van der Waals surface area (Å²) in [7, 11) is 0. The summed E-state index contributed by atoms with van der Waals surface area (Å²) in [6.45, 7) is 1.89. The van der Waals surface area contributed by atoms with Crippen molar-refractivity contribution >= 4 is 28.2 Å². The predicted octanol–water partition coefficient (Wildman–Crippen LogP) is 4.37. The van der Waals surface area contributed by atoms with Gasteiger partial charge < -0.3 is 10.7 Å². The number of H-pyrrole nitrogens is 1. The van der Waals surface area contributed by atoms with Gasteiger partial charge in [0.25, 0.3) is 0 Å². The summed E-state index contributed by atoms with van der Waals surface area (Å²) in [5.74, 6) is 0.605. The number of hydrogen-bond donors (Lipinski definition) is 2. The number of hydrogen-bond acceptors (Lipinski definition) is 4. The summed E-state index contributed by atoms with van der Waals surface area (Å²) in [6, 6.07) is 12.0. The third-order valence-electron chi connectivity index (χ3n) is 5.20. The zero-order chi connectivity index (χ0) is 20.8. The van der Waals surface area contributed by atoms with Gasteiger partial charge in [-0.05, 0) is 60.9 Å². The number of aromatic amines is 1. The number of benzene rings is 2. The van der Waals surface area contributed by atoms with Gasteiger partial charge in [-0.15, -0.1) is 0 Å². The second-order valence-electron chi connectivity index (χ2n) is 7.25. The largest absolute Gasteiger partial charge is 0.383 e. The molecular weight excluding hydrogens is 381 g/mol. The molecule has 148 valence electrons. The Morgan fingerprint density at radius 3 is 2.93 bits per heavy atom. The number of aryl methyl sites for hydroxylation is 1. The van der Waals surface area contributed by atoms with Gasteiger partial charge in [0, 0.05) is 5.57 Å². The lowest BCUT2D eigenvalue weighted by Crippen LogP contribution is -2.07. The molecule has 5 rings (SSSR count). The Morgan fingerprint density at radius 2 is 2.10 bits per heavy atom. The highest BCUT2D eigenvalue weighted by Gasteiger charge is 2.22. The first-order valence-electron chi connectivity index (χ1n) is 9.51. The van der Waals surface area contributed by atoms with E-state index in [0.717, 1.165) is 33.7 Å². The maximum absolute atomic E-state index is 13.5. The zero-order valence-electron chi connectivity index (χ0n) is 16.2. The molecule has 0 radical (unpaired) electrons. The number of rotatable bonds is 4. The van der Waals surface area contributed by atoms with E-state index in [-0.39, 0.29) is 17.4 Å². The number of fused-ring (bicyclic) bond motifs is 1. The third kappa shape index (κ3) is 3.00. The molecule has 0 spiro atoms. The quantitative estimate of drug-likeness (QED) is 0.499. The smallest absolute Gasteiger partial charge is 0.194 e. The van der Waals surface area contributed by atoms with E-state index in [1.807, 2.05) is 37.3 Å².